The minimum absolute atomic E-state index is 0.176. The summed E-state index contributed by atoms with van der Waals surface area (Å²) in [6, 6.07) is 14.9. The number of Topliss-reactive ketones (excluding diaryl/α,β-unsaturated/α-hetero) is 2. The number of para-hydroxylation sites is 1. The molecule has 0 fully saturated rings. The highest BCUT2D eigenvalue weighted by atomic mass is 16.2. The van der Waals surface area contributed by atoms with Crippen LogP contribution < -0.4 is 4.90 Å². The maximum atomic E-state index is 12.7. The molecule has 3 heteroatoms. The summed E-state index contributed by atoms with van der Waals surface area (Å²) in [7, 11) is 0. The molecule has 112 valence electrons. The minimum atomic E-state index is -0.176. The number of allylic oxidation sites excluding steroid dienone is 3. The maximum Gasteiger partial charge on any atom is 0.198 e. The Morgan fingerprint density at radius 2 is 1.39 bits per heavy atom. The van der Waals surface area contributed by atoms with Crippen LogP contribution in [0.2, 0.25) is 0 Å². The van der Waals surface area contributed by atoms with E-state index in [0.717, 1.165) is 23.4 Å². The summed E-state index contributed by atoms with van der Waals surface area (Å²) < 4.78 is 0. The molecule has 2 aliphatic rings. The second-order valence-electron chi connectivity index (χ2n) is 5.61. The van der Waals surface area contributed by atoms with Crippen LogP contribution in [-0.2, 0) is 0 Å². The normalized spacial score (nSPS) is 16.0. The molecule has 3 nitrogen and oxygen atoms in total. The number of carbonyl (C=O) groups is 2. The van der Waals surface area contributed by atoms with Gasteiger partial charge in [0, 0.05) is 40.7 Å². The van der Waals surface area contributed by atoms with Crippen LogP contribution in [0.1, 0.15) is 33.2 Å². The van der Waals surface area contributed by atoms with E-state index in [4.69, 9.17) is 0 Å². The molecule has 1 heterocycles. The summed E-state index contributed by atoms with van der Waals surface area (Å²) in [5.74, 6) is -0.352. The zero-order chi connectivity index (χ0) is 16.0. The first-order chi connectivity index (χ1) is 11.2. The smallest absolute Gasteiger partial charge is 0.198 e. The Hall–Kier alpha value is -2.94. The van der Waals surface area contributed by atoms with Gasteiger partial charge in [-0.3, -0.25) is 9.59 Å². The molecule has 0 saturated heterocycles. The van der Waals surface area contributed by atoms with Gasteiger partial charge >= 0.3 is 0 Å². The first kappa shape index (κ1) is 13.7. The summed E-state index contributed by atoms with van der Waals surface area (Å²) in [6.45, 7) is 2.90. The molecule has 0 aromatic heterocycles. The average Bonchev–Trinajstić information content (AvgIpc) is 2.85. The molecule has 0 bridgehead atoms. The van der Waals surface area contributed by atoms with E-state index in [2.05, 4.69) is 11.8 Å². The Morgan fingerprint density at radius 1 is 0.826 bits per heavy atom. The van der Waals surface area contributed by atoms with E-state index in [1.54, 1.807) is 24.3 Å². The van der Waals surface area contributed by atoms with Gasteiger partial charge in [-0.25, -0.2) is 0 Å². The highest BCUT2D eigenvalue weighted by molar-refractivity contribution is 6.43. The van der Waals surface area contributed by atoms with E-state index < -0.39 is 0 Å². The molecule has 0 amide bonds. The number of hydrogen-bond donors (Lipinski definition) is 0. The number of benzene rings is 2. The number of fused-ring (bicyclic) bond motifs is 2. The lowest BCUT2D eigenvalue weighted by atomic mass is 9.93. The quantitative estimate of drug-likeness (QED) is 0.592. The summed E-state index contributed by atoms with van der Waals surface area (Å²) >= 11 is 0. The number of nitrogens with zero attached hydrogens (tertiary/aromatic N) is 1. The van der Waals surface area contributed by atoms with Crippen molar-refractivity contribution in [1.29, 1.82) is 0 Å². The van der Waals surface area contributed by atoms with Crippen LogP contribution >= 0.6 is 0 Å². The lowest BCUT2D eigenvalue weighted by Crippen LogP contribution is -2.20. The zero-order valence-electron chi connectivity index (χ0n) is 12.7. The van der Waals surface area contributed by atoms with Crippen molar-refractivity contribution in [3.63, 3.8) is 0 Å². The molecule has 0 unspecified atom stereocenters. The van der Waals surface area contributed by atoms with Crippen molar-refractivity contribution in [3.05, 3.63) is 83.1 Å². The van der Waals surface area contributed by atoms with Crippen LogP contribution in [0.15, 0.2) is 66.4 Å². The van der Waals surface area contributed by atoms with Gasteiger partial charge in [0.25, 0.3) is 0 Å². The molecular weight excluding hydrogens is 286 g/mol. The lowest BCUT2D eigenvalue weighted by molar-refractivity contribution is 0.0990. The summed E-state index contributed by atoms with van der Waals surface area (Å²) in [6.07, 6.45) is 3.82. The van der Waals surface area contributed by atoms with Gasteiger partial charge in [0.15, 0.2) is 11.6 Å². The molecule has 0 saturated carbocycles. The van der Waals surface area contributed by atoms with E-state index in [1.165, 1.54) is 0 Å². The van der Waals surface area contributed by atoms with Crippen LogP contribution in [0, 0.1) is 0 Å². The summed E-state index contributed by atoms with van der Waals surface area (Å²) in [4.78, 5) is 27.6. The third-order valence-corrected chi connectivity index (χ3v) is 4.41. The van der Waals surface area contributed by atoms with Gasteiger partial charge in [0.05, 0.1) is 5.57 Å². The summed E-state index contributed by atoms with van der Waals surface area (Å²) in [5, 5.41) is 0. The topological polar surface area (TPSA) is 37.4 Å². The molecule has 0 atom stereocenters. The molecule has 1 aliphatic heterocycles. The first-order valence-corrected chi connectivity index (χ1v) is 7.69. The summed E-state index contributed by atoms with van der Waals surface area (Å²) in [5.41, 5.74) is 3.97. The van der Waals surface area contributed by atoms with Gasteiger partial charge in [0.1, 0.15) is 0 Å². The second-order valence-corrected chi connectivity index (χ2v) is 5.61. The van der Waals surface area contributed by atoms with Crippen LogP contribution in [0.25, 0.3) is 5.57 Å². The molecule has 0 N–H and O–H groups in total. The largest absolute Gasteiger partial charge is 0.348 e. The van der Waals surface area contributed by atoms with E-state index in [9.17, 15) is 9.59 Å². The van der Waals surface area contributed by atoms with Gasteiger partial charge in [-0.2, -0.15) is 0 Å². The highest BCUT2D eigenvalue weighted by Gasteiger charge is 2.36. The average molecular weight is 301 g/mol. The Balaban J connectivity index is 1.97. The standard InChI is InChI=1S/C20H15NO2/c1-2-21-12-11-14(13-7-5-6-10-17(13)21)18-19(22)15-8-3-4-9-16(15)20(18)23/h3-12H,2H2,1H3. The molecule has 23 heavy (non-hydrogen) atoms. The number of carbonyl (C=O) groups excluding carboxylic acids is 2. The van der Waals surface area contributed by atoms with Gasteiger partial charge in [-0.1, -0.05) is 42.5 Å². The van der Waals surface area contributed by atoms with Gasteiger partial charge in [0.2, 0.25) is 0 Å². The number of anilines is 1. The minimum Gasteiger partial charge on any atom is -0.348 e. The zero-order valence-corrected chi connectivity index (χ0v) is 12.7. The molecule has 2 aromatic rings. The third-order valence-electron chi connectivity index (χ3n) is 4.41. The van der Waals surface area contributed by atoms with Crippen molar-refractivity contribution in [1.82, 2.24) is 0 Å². The Morgan fingerprint density at radius 3 is 2.00 bits per heavy atom. The molecule has 2 aromatic carbocycles. The molecular formula is C20H15NO2. The second kappa shape index (κ2) is 5.06. The predicted octanol–water partition coefficient (Wildman–Crippen LogP) is 3.87. The SMILES string of the molecule is CCN1C=CC(=C2C(=O)c3ccccc3C2=O)c2ccccc21. The fourth-order valence-corrected chi connectivity index (χ4v) is 3.28. The van der Waals surface area contributed by atoms with Crippen LogP contribution in [0.4, 0.5) is 5.69 Å². The number of ketones is 2. The van der Waals surface area contributed by atoms with E-state index in [-0.39, 0.29) is 17.1 Å². The van der Waals surface area contributed by atoms with Crippen molar-refractivity contribution in [3.8, 4) is 0 Å². The van der Waals surface area contributed by atoms with Crippen molar-refractivity contribution < 1.29 is 9.59 Å². The van der Waals surface area contributed by atoms with Crippen LogP contribution in [0.5, 0.6) is 0 Å². The molecule has 4 rings (SSSR count). The van der Waals surface area contributed by atoms with Crippen LogP contribution in [0.3, 0.4) is 0 Å². The van der Waals surface area contributed by atoms with Gasteiger partial charge < -0.3 is 4.90 Å². The fourth-order valence-electron chi connectivity index (χ4n) is 3.28. The number of rotatable bonds is 1. The van der Waals surface area contributed by atoms with Crippen LogP contribution in [-0.4, -0.2) is 18.1 Å². The Labute approximate surface area is 134 Å². The van der Waals surface area contributed by atoms with Gasteiger partial charge in [-0.15, -0.1) is 0 Å². The highest BCUT2D eigenvalue weighted by Crippen LogP contribution is 2.38. The van der Waals surface area contributed by atoms with Crippen molar-refractivity contribution in [2.24, 2.45) is 0 Å². The lowest BCUT2D eigenvalue weighted by Gasteiger charge is -2.27. The first-order valence-electron chi connectivity index (χ1n) is 7.69. The molecule has 0 spiro atoms. The maximum absolute atomic E-state index is 12.7. The Bertz CT molecular complexity index is 868. The number of hydrogen-bond acceptors (Lipinski definition) is 3. The van der Waals surface area contributed by atoms with E-state index >= 15 is 0 Å². The monoisotopic (exact) mass is 301 g/mol. The third kappa shape index (κ3) is 1.90. The van der Waals surface area contributed by atoms with Crippen molar-refractivity contribution in [2.45, 2.75) is 6.92 Å². The fraction of sp³-hybridized carbons (Fsp3) is 0.100. The van der Waals surface area contributed by atoms with E-state index in [1.807, 2.05) is 36.5 Å². The van der Waals surface area contributed by atoms with E-state index in [0.29, 0.717) is 11.1 Å². The molecule has 1 aliphatic carbocycles. The molecule has 0 radical (unpaired) electrons. The van der Waals surface area contributed by atoms with Crippen molar-refractivity contribution in [2.75, 3.05) is 11.4 Å². The predicted molar refractivity (Wildman–Crippen MR) is 90.6 cm³/mol. The Kier molecular flexibility index (Phi) is 3.01. The van der Waals surface area contributed by atoms with Gasteiger partial charge in [-0.05, 0) is 19.1 Å². The van der Waals surface area contributed by atoms with Crippen molar-refractivity contribution >= 4 is 22.8 Å².